The summed E-state index contributed by atoms with van der Waals surface area (Å²) in [5.41, 5.74) is 21.4. The number of nitrogens with zero attached hydrogens (tertiary/aromatic N) is 3. The number of ether oxygens (including phenoxy) is 1. The number of carbonyl (C=O) groups is 3. The molecule has 0 saturated carbocycles. The van der Waals surface area contributed by atoms with Crippen LogP contribution in [0.1, 0.15) is 134 Å². The summed E-state index contributed by atoms with van der Waals surface area (Å²) < 4.78 is 80.1. The predicted octanol–water partition coefficient (Wildman–Crippen LogP) is 18.1. The Kier molecular flexibility index (Phi) is 51.0. The van der Waals surface area contributed by atoms with Gasteiger partial charge in [-0.3, -0.25) is 9.59 Å². The summed E-state index contributed by atoms with van der Waals surface area (Å²) >= 11 is 2.89. The van der Waals surface area contributed by atoms with E-state index in [0.717, 1.165) is 87.6 Å². The fourth-order valence-electron chi connectivity index (χ4n) is 13.3. The van der Waals surface area contributed by atoms with Crippen LogP contribution < -0.4 is 73.6 Å². The van der Waals surface area contributed by atoms with Crippen molar-refractivity contribution < 1.29 is 113 Å². The average molecular weight is 1750 g/mol. The molecule has 3 aliphatic rings. The van der Waals surface area contributed by atoms with E-state index in [-0.39, 0.29) is 120 Å². The molecule has 12 aromatic carbocycles. The van der Waals surface area contributed by atoms with Crippen LogP contribution in [0, 0.1) is 11.3 Å². The number of nitrogens with one attached hydrogen (secondary N) is 2. The molecule has 23 heteroatoms. The van der Waals surface area contributed by atoms with Gasteiger partial charge in [-0.15, -0.1) is 17.6 Å². The van der Waals surface area contributed by atoms with E-state index in [2.05, 4.69) is 135 Å². The standard InChI is InChI=1S/C17H14F3NO.C16H14F3NO.C15H15N.C14H13NO.C14H15N.C14H12O.C4H8O.C2H2BrN.CH4.ClH.K.H3NO.H2O/c18-17(19,20)16(22)21-10-13-8-4-5-9-14(13)15(11-21)12-6-2-1-3-7-12;17-16(18,19)15(21)20-11-14(12-7-3-1-4-8-12)13-9-5-2-6-10-13;1-2-6-12(7-3-1)15-11-16-10-13-8-4-5-9-14(13)15;16-15-11-14(12-7-3-1-4-8-12)13-9-5-2-6-10-13;2*15-11-14(12-7-3-1-4-8-12)13-9-5-2-6-10-13;1-2-4-5-3-1;3-1-2-4;;;;1-2;/h1-9,15H,10-11H2;1-10,14H,11H2,(H,20,21);1-9,15-16H,10-11H2;1-11,14,16H;1-10,14H,11,15H2;1-11,14H;1-4H2;1H2;1H4;1H;;2H,1H2;1H2/q;;;;;;;;;;+1;;/p-1/b;;;15-11+;;;;;;;;;. The minimum absolute atomic E-state index is 0. The van der Waals surface area contributed by atoms with Gasteiger partial charge in [-0.25, -0.2) is 5.90 Å². The third-order valence-corrected chi connectivity index (χ3v) is 19.1. The Bertz CT molecular complexity index is 4620. The van der Waals surface area contributed by atoms with Crippen LogP contribution in [-0.2, 0) is 32.2 Å². The average Bonchev–Trinajstić information content (AvgIpc) is 0.819. The first-order valence-electron chi connectivity index (χ1n) is 37.7. The van der Waals surface area contributed by atoms with Crippen LogP contribution in [0.5, 0.6) is 0 Å². The molecule has 3 heterocycles. The molecule has 14 nitrogen and oxygen atoms in total. The van der Waals surface area contributed by atoms with Crippen LogP contribution in [0.2, 0.25) is 0 Å². The molecule has 0 aromatic heterocycles. The minimum Gasteiger partial charge on any atom is -0.870 e. The fourth-order valence-corrected chi connectivity index (χ4v) is 13.3. The van der Waals surface area contributed by atoms with Crippen LogP contribution in [-0.4, -0.2) is 102 Å². The SMILES string of the molecule is C.C1CCOC1.Cl.N#CCBr.NCC(c1ccccc1)c1ccccc1.NO.O/N=C/C(c1ccccc1)c1ccccc1.O=C(N1Cc2ccccc2C(c2ccccc2)C1)C(F)(F)F.O=C(NCC(c1ccccc1)c1ccccc1)C(F)(F)F.O=CC(c1ccccc1)c1ccccc1.[K+].[OH-].c1ccc(C2CNCc3ccccc32)cc1. The van der Waals surface area contributed by atoms with E-state index in [1.165, 1.54) is 40.7 Å². The van der Waals surface area contributed by atoms with Crippen molar-refractivity contribution in [1.82, 2.24) is 15.5 Å². The van der Waals surface area contributed by atoms with Crippen molar-refractivity contribution in [1.29, 1.82) is 5.26 Å². The Balaban J connectivity index is 0.000000362. The Morgan fingerprint density at radius 3 is 1.16 bits per heavy atom. The number of aldehydes is 1. The van der Waals surface area contributed by atoms with Crippen molar-refractivity contribution in [2.75, 3.05) is 44.7 Å². The number of halogens is 8. The van der Waals surface area contributed by atoms with Crippen molar-refractivity contribution in [3.8, 4) is 6.07 Å². The van der Waals surface area contributed by atoms with Crippen LogP contribution in [0.3, 0.4) is 0 Å². The molecule has 0 spiro atoms. The molecule has 1 fully saturated rings. The number of fused-ring (bicyclic) bond motifs is 2. The molecule has 12 aromatic rings. The maximum Gasteiger partial charge on any atom is 1.00 e. The topological polar surface area (TPSA) is 246 Å². The quantitative estimate of drug-likeness (QED) is 0.0107. The number of hydrogen-bond donors (Lipinski definition) is 6. The normalized spacial score (nSPS) is 13.1. The molecule has 2 unspecified atom stereocenters. The molecule has 0 bridgehead atoms. The van der Waals surface area contributed by atoms with Crippen LogP contribution >= 0.6 is 28.3 Å². The van der Waals surface area contributed by atoms with E-state index in [9.17, 15) is 40.7 Å². The van der Waals surface area contributed by atoms with Gasteiger partial charge in [0.1, 0.15) is 6.29 Å². The van der Waals surface area contributed by atoms with Crippen molar-refractivity contribution in [2.45, 2.75) is 81.2 Å². The second kappa shape index (κ2) is 58.8. The van der Waals surface area contributed by atoms with Gasteiger partial charge in [0.15, 0.2) is 0 Å². The third kappa shape index (κ3) is 35.0. The summed E-state index contributed by atoms with van der Waals surface area (Å²) in [5, 5.41) is 31.9. The zero-order valence-corrected chi connectivity index (χ0v) is 71.4. The van der Waals surface area contributed by atoms with E-state index in [0.29, 0.717) is 23.7 Å². The molecule has 2 amide bonds. The summed E-state index contributed by atoms with van der Waals surface area (Å²) in [4.78, 5) is 34.6. The second-order valence-corrected chi connectivity index (χ2v) is 27.0. The first kappa shape index (κ1) is 104. The number of oxime groups is 1. The molecule has 120 heavy (non-hydrogen) atoms. The second-order valence-electron chi connectivity index (χ2n) is 26.4. The van der Waals surface area contributed by atoms with Gasteiger partial charge in [-0.05, 0) is 90.7 Å². The maximum absolute atomic E-state index is 12.7. The van der Waals surface area contributed by atoms with Crippen LogP contribution in [0.25, 0.3) is 0 Å². The van der Waals surface area contributed by atoms with Gasteiger partial charge in [-0.2, -0.15) is 31.6 Å². The van der Waals surface area contributed by atoms with Gasteiger partial charge in [-0.1, -0.05) is 375 Å². The van der Waals surface area contributed by atoms with Gasteiger partial charge in [0.05, 0.1) is 23.5 Å². The van der Waals surface area contributed by atoms with Crippen LogP contribution in [0.15, 0.2) is 357 Å². The van der Waals surface area contributed by atoms with E-state index in [1.807, 2.05) is 248 Å². The molecule has 2 atom stereocenters. The Hall–Kier alpha value is -10.0. The van der Waals surface area contributed by atoms with Gasteiger partial charge in [0, 0.05) is 82.1 Å². The smallest absolute Gasteiger partial charge is 0.870 e. The molecule has 0 aliphatic carbocycles. The molecular formula is C97H102BrClF6KN7O7. The monoisotopic (exact) mass is 1740 g/mol. The van der Waals surface area contributed by atoms with E-state index < -0.39 is 24.2 Å². The summed E-state index contributed by atoms with van der Waals surface area (Å²) in [7, 11) is 0. The molecule has 624 valence electrons. The molecule has 15 rings (SSSR count). The van der Waals surface area contributed by atoms with E-state index in [1.54, 1.807) is 18.3 Å². The molecule has 1 saturated heterocycles. The largest absolute Gasteiger partial charge is 1.00 e. The number of rotatable bonds is 15. The number of nitrogens with two attached hydrogens (primary N) is 2. The number of benzene rings is 12. The molecule has 0 radical (unpaired) electrons. The van der Waals surface area contributed by atoms with Gasteiger partial charge < -0.3 is 46.7 Å². The summed E-state index contributed by atoms with van der Waals surface area (Å²) in [6.07, 6.45) is -4.61. The maximum atomic E-state index is 12.7. The number of carbonyl (C=O) groups excluding carboxylic acids is 3. The van der Waals surface area contributed by atoms with Crippen LogP contribution in [0.4, 0.5) is 26.3 Å². The zero-order chi connectivity index (χ0) is 83.0. The Labute approximate surface area is 758 Å². The van der Waals surface area contributed by atoms with Gasteiger partial charge in [0.25, 0.3) is 0 Å². The Morgan fingerprint density at radius 1 is 0.517 bits per heavy atom. The van der Waals surface area contributed by atoms with Gasteiger partial charge in [0.2, 0.25) is 0 Å². The fraction of sp³-hybridized carbons (Fsp3) is 0.206. The molecular weight excluding hydrogens is 1640 g/mol. The Morgan fingerprint density at radius 2 is 0.833 bits per heavy atom. The number of hydrogen-bond acceptors (Lipinski definition) is 12. The predicted molar refractivity (Wildman–Crippen MR) is 467 cm³/mol. The summed E-state index contributed by atoms with van der Waals surface area (Å²) in [5.74, 6) is -0.0724. The first-order valence-corrected chi connectivity index (χ1v) is 38.8. The summed E-state index contributed by atoms with van der Waals surface area (Å²) in [6, 6.07) is 117. The van der Waals surface area contributed by atoms with Crippen molar-refractivity contribution in [2.24, 2.45) is 16.8 Å². The minimum atomic E-state index is -4.86. The van der Waals surface area contributed by atoms with Crippen molar-refractivity contribution in [3.63, 3.8) is 0 Å². The summed E-state index contributed by atoms with van der Waals surface area (Å²) in [6.45, 7) is 4.62. The molecule has 3 aliphatic heterocycles. The van der Waals surface area contributed by atoms with E-state index in [4.69, 9.17) is 26.1 Å². The van der Waals surface area contributed by atoms with Gasteiger partial charge >= 0.3 is 75.6 Å². The first-order chi connectivity index (χ1) is 56.6. The molecule has 9 N–H and O–H groups in total. The number of amides is 2. The van der Waals surface area contributed by atoms with Crippen molar-refractivity contribution in [3.05, 3.63) is 430 Å². The number of alkyl halides is 7. The third-order valence-electron chi connectivity index (χ3n) is 18.9. The zero-order valence-electron chi connectivity index (χ0n) is 65.9. The van der Waals surface area contributed by atoms with Crippen molar-refractivity contribution >= 4 is 52.7 Å². The van der Waals surface area contributed by atoms with E-state index >= 15 is 0 Å². The number of nitriles is 1.